The van der Waals surface area contributed by atoms with Crippen LogP contribution in [0.3, 0.4) is 0 Å². The van der Waals surface area contributed by atoms with E-state index in [1.807, 2.05) is 0 Å². The van der Waals surface area contributed by atoms with Gasteiger partial charge in [-0.3, -0.25) is 32.5 Å². The Morgan fingerprint density at radius 1 is 0.252 bits per heavy atom. The molecule has 5 unspecified atom stereocenters. The summed E-state index contributed by atoms with van der Waals surface area (Å²) in [5.41, 5.74) is 0. The Balaban J connectivity index is 4.53. The van der Waals surface area contributed by atoms with Gasteiger partial charge in [-0.15, -0.1) is 0 Å². The van der Waals surface area contributed by atoms with Crippen LogP contribution in [-0.2, 0) is 55.8 Å². The van der Waals surface area contributed by atoms with E-state index in [0.717, 1.165) is 167 Å². The highest BCUT2D eigenvalue weighted by Gasteiger charge is 2.29. The second kappa shape index (κ2) is 88.5. The summed E-state index contributed by atoms with van der Waals surface area (Å²) in [5, 5.41) is 20.7. The van der Waals surface area contributed by atoms with E-state index in [0.29, 0.717) is 19.3 Å². The van der Waals surface area contributed by atoms with Crippen molar-refractivity contribution in [1.82, 2.24) is 0 Å². The van der Waals surface area contributed by atoms with Crippen LogP contribution in [0.15, 0.2) is 158 Å². The normalized spacial score (nSPS) is 14.5. The monoisotopic (exact) mass is 1650 g/mol. The largest absolute Gasteiger partial charge is 0.472 e. The molecule has 0 aliphatic carbocycles. The van der Waals surface area contributed by atoms with Gasteiger partial charge in [-0.25, -0.2) is 9.13 Å². The molecule has 18 heteroatoms. The van der Waals surface area contributed by atoms with E-state index < -0.39 is 91.5 Å². The van der Waals surface area contributed by atoms with Crippen molar-refractivity contribution in [2.24, 2.45) is 0 Å². The highest BCUT2D eigenvalue weighted by Crippen LogP contribution is 2.45. The Hall–Kier alpha value is -4.83. The first-order valence-corrected chi connectivity index (χ1v) is 48.8. The maximum atomic E-state index is 13.0. The van der Waals surface area contributed by atoms with Gasteiger partial charge < -0.3 is 34.2 Å². The molecular formula is C97H166O16P2. The van der Waals surface area contributed by atoms with Crippen molar-refractivity contribution in [3.8, 4) is 0 Å². The number of rotatable bonds is 86. The third-order valence-corrected chi connectivity index (χ3v) is 21.1. The number of ether oxygens (including phenoxy) is 3. The van der Waals surface area contributed by atoms with Crippen molar-refractivity contribution < 1.29 is 75.8 Å². The number of aliphatic hydroxyl groups is 2. The van der Waals surface area contributed by atoms with Crippen LogP contribution in [0.2, 0.25) is 0 Å². The van der Waals surface area contributed by atoms with Crippen LogP contribution in [0, 0.1) is 0 Å². The molecule has 0 fully saturated rings. The maximum Gasteiger partial charge on any atom is 0.472 e. The third kappa shape index (κ3) is 89.8. The maximum absolute atomic E-state index is 13.0. The van der Waals surface area contributed by atoms with Gasteiger partial charge in [-0.1, -0.05) is 365 Å². The predicted molar refractivity (Wildman–Crippen MR) is 482 cm³/mol. The summed E-state index contributed by atoms with van der Waals surface area (Å²) in [7, 11) is -9.82. The highest BCUT2D eigenvalue weighted by molar-refractivity contribution is 7.47. The van der Waals surface area contributed by atoms with Crippen LogP contribution in [-0.4, -0.2) is 95.9 Å². The second-order valence-corrected chi connectivity index (χ2v) is 33.3. The van der Waals surface area contributed by atoms with Gasteiger partial charge in [0, 0.05) is 19.3 Å². The van der Waals surface area contributed by atoms with Crippen molar-refractivity contribution >= 4 is 33.6 Å². The number of unbranched alkanes of at least 4 members (excludes halogenated alkanes) is 37. The molecule has 0 amide bonds. The van der Waals surface area contributed by atoms with Crippen LogP contribution >= 0.6 is 15.6 Å². The Morgan fingerprint density at radius 3 is 0.730 bits per heavy atom. The second-order valence-electron chi connectivity index (χ2n) is 30.4. The minimum atomic E-state index is -4.95. The molecule has 16 nitrogen and oxygen atoms in total. The summed E-state index contributed by atoms with van der Waals surface area (Å²) in [6.07, 6.45) is 113. The van der Waals surface area contributed by atoms with Crippen molar-refractivity contribution in [1.29, 1.82) is 0 Å². The van der Waals surface area contributed by atoms with E-state index >= 15 is 0 Å². The number of aliphatic hydroxyl groups excluding tert-OH is 2. The van der Waals surface area contributed by atoms with E-state index in [4.69, 9.17) is 32.3 Å². The minimum absolute atomic E-state index is 0.0754. The van der Waals surface area contributed by atoms with Crippen molar-refractivity contribution in [2.75, 3.05) is 39.6 Å². The molecule has 0 saturated carbocycles. The fourth-order valence-corrected chi connectivity index (χ4v) is 13.9. The quantitative estimate of drug-likeness (QED) is 0.0146. The number of carbonyl (C=O) groups excluding carboxylic acids is 3. The Morgan fingerprint density at radius 2 is 0.461 bits per heavy atom. The van der Waals surface area contributed by atoms with Gasteiger partial charge in [0.1, 0.15) is 25.4 Å². The molecule has 0 spiro atoms. The fraction of sp³-hybridized carbons (Fsp3) is 0.701. The topological polar surface area (TPSA) is 231 Å². The molecule has 5 atom stereocenters. The molecule has 0 radical (unpaired) electrons. The zero-order chi connectivity index (χ0) is 83.6. The molecule has 4 N–H and O–H groups in total. The number of esters is 3. The average molecular weight is 1650 g/mol. The van der Waals surface area contributed by atoms with Crippen LogP contribution in [0.4, 0.5) is 0 Å². The van der Waals surface area contributed by atoms with Crippen LogP contribution in [0.25, 0.3) is 0 Å². The van der Waals surface area contributed by atoms with Crippen LogP contribution in [0.5, 0.6) is 0 Å². The molecule has 0 aromatic carbocycles. The lowest BCUT2D eigenvalue weighted by atomic mass is 10.0. The van der Waals surface area contributed by atoms with E-state index in [-0.39, 0.29) is 19.3 Å². The molecule has 0 saturated heterocycles. The summed E-state index contributed by atoms with van der Waals surface area (Å²) < 4.78 is 61.4. The summed E-state index contributed by atoms with van der Waals surface area (Å²) in [4.78, 5) is 58.9. The molecule has 660 valence electrons. The fourth-order valence-electron chi connectivity index (χ4n) is 12.3. The van der Waals surface area contributed by atoms with Gasteiger partial charge >= 0.3 is 33.6 Å². The highest BCUT2D eigenvalue weighted by atomic mass is 31.2. The smallest absolute Gasteiger partial charge is 0.463 e. The Bertz CT molecular complexity index is 2720. The molecule has 115 heavy (non-hydrogen) atoms. The standard InChI is InChI=1S/C97H166O16P2/c1-4-7-10-13-16-19-22-25-28-31-34-37-39-40-41-42-43-44-45-46-47-48-49-50-52-55-56-59-62-65-68-71-74-77-80-83-95(100)107-86-92(98)87-109-114(103,104)110-88-93(99)89-111-115(105,106)112-91-94(113-97(102)85-82-79-76-73-70-67-64-61-58-53-36-33-30-27-24-21-18-15-12-9-6-3)90-108-96(101)84-81-78-75-72-69-66-63-60-57-54-51-38-35-32-29-26-23-20-17-14-11-8-5-2/h9,12,16-21,25-30,34-38,40-41,53-54,57,61,64,92-94,98-99H,4-8,10-11,13-15,22-24,31-33,39,42-52,55-56,58-60,62-63,65-91H2,1-3H3,(H,103,104)(H,105,106)/b12-9-,19-16-,20-17-,21-18-,28-25-,29-26-,30-27-,37-34-,38-35-,41-40-,53-36-,57-54-,64-61-. The molecule has 0 heterocycles. The molecule has 0 bridgehead atoms. The lowest BCUT2D eigenvalue weighted by Crippen LogP contribution is -2.30. The Kier molecular flexibility index (Phi) is 84.7. The van der Waals surface area contributed by atoms with Gasteiger partial charge in [-0.05, 0) is 154 Å². The van der Waals surface area contributed by atoms with E-state index in [2.05, 4.69) is 179 Å². The first kappa shape index (κ1) is 110. The van der Waals surface area contributed by atoms with Gasteiger partial charge in [0.25, 0.3) is 0 Å². The number of hydrogen-bond donors (Lipinski definition) is 4. The number of phosphoric acid groups is 2. The first-order valence-electron chi connectivity index (χ1n) is 45.8. The van der Waals surface area contributed by atoms with E-state index in [1.165, 1.54) is 154 Å². The summed E-state index contributed by atoms with van der Waals surface area (Å²) in [6.45, 7) is 2.51. The predicted octanol–water partition coefficient (Wildman–Crippen LogP) is 28.1. The minimum Gasteiger partial charge on any atom is -0.463 e. The van der Waals surface area contributed by atoms with Gasteiger partial charge in [0.15, 0.2) is 6.10 Å². The first-order chi connectivity index (χ1) is 56.2. The molecular weight excluding hydrogens is 1480 g/mol. The van der Waals surface area contributed by atoms with E-state index in [9.17, 15) is 43.5 Å². The average Bonchev–Trinajstić information content (AvgIpc) is 0.900. The zero-order valence-electron chi connectivity index (χ0n) is 72.7. The molecule has 0 aromatic rings. The molecule has 0 aliphatic heterocycles. The van der Waals surface area contributed by atoms with E-state index in [1.54, 1.807) is 0 Å². The number of hydrogen-bond acceptors (Lipinski definition) is 14. The van der Waals surface area contributed by atoms with Crippen LogP contribution < -0.4 is 0 Å². The van der Waals surface area contributed by atoms with Gasteiger partial charge in [-0.2, -0.15) is 0 Å². The third-order valence-electron chi connectivity index (χ3n) is 19.2. The zero-order valence-corrected chi connectivity index (χ0v) is 74.5. The van der Waals surface area contributed by atoms with Crippen molar-refractivity contribution in [2.45, 2.75) is 399 Å². The SMILES string of the molecule is CC/C=C\C/C=C\C/C=C\C/C=C\C/C=C\CCCCCCCC(=O)OC(COC(=O)CCCCCCCCC/C=C\C/C=C\C/C=C\C/C=C\CCCCC)COP(=O)(O)OCC(O)COP(=O)(O)OCC(O)COC(=O)CCCCCCCCCCCCCCCCCCCCC/C=C\C/C=C\C/C=C\C/C=C\CCCCC. The Labute approximate surface area is 701 Å². The summed E-state index contributed by atoms with van der Waals surface area (Å²) >= 11 is 0. The van der Waals surface area contributed by atoms with Crippen molar-refractivity contribution in [3.63, 3.8) is 0 Å². The van der Waals surface area contributed by atoms with Crippen LogP contribution in [0.1, 0.15) is 380 Å². The molecule has 0 aromatic heterocycles. The lowest BCUT2D eigenvalue weighted by molar-refractivity contribution is -0.161. The van der Waals surface area contributed by atoms with Gasteiger partial charge in [0.2, 0.25) is 0 Å². The summed E-state index contributed by atoms with van der Waals surface area (Å²) in [5.74, 6) is -1.60. The summed E-state index contributed by atoms with van der Waals surface area (Å²) in [6, 6.07) is 0. The molecule has 0 aliphatic rings. The number of allylic oxidation sites excluding steroid dienone is 26. The number of carbonyl (C=O) groups is 3. The molecule has 0 rings (SSSR count). The number of phosphoric ester groups is 2. The van der Waals surface area contributed by atoms with Gasteiger partial charge in [0.05, 0.1) is 26.4 Å². The van der Waals surface area contributed by atoms with Crippen molar-refractivity contribution in [3.05, 3.63) is 158 Å². The lowest BCUT2D eigenvalue weighted by Gasteiger charge is -2.21.